The molecule has 0 spiro atoms. The molecule has 0 aliphatic rings. The van der Waals surface area contributed by atoms with E-state index in [0.29, 0.717) is 17.1 Å². The van der Waals surface area contributed by atoms with Crippen LogP contribution >= 0.6 is 0 Å². The van der Waals surface area contributed by atoms with E-state index < -0.39 is 0 Å². The van der Waals surface area contributed by atoms with E-state index in [-0.39, 0.29) is 5.97 Å². The number of esters is 1. The van der Waals surface area contributed by atoms with E-state index in [0.717, 1.165) is 27.7 Å². The largest absolute Gasteiger partial charge is 0.497 e. The van der Waals surface area contributed by atoms with Gasteiger partial charge in [0, 0.05) is 25.9 Å². The smallest absolute Gasteiger partial charge is 0.337 e. The van der Waals surface area contributed by atoms with Gasteiger partial charge in [-0.05, 0) is 58.8 Å². The summed E-state index contributed by atoms with van der Waals surface area (Å²) in [4.78, 5) is 13.5. The number of hydrogen-bond acceptors (Lipinski definition) is 5. The van der Waals surface area contributed by atoms with Crippen molar-refractivity contribution in [2.45, 2.75) is 0 Å². The van der Waals surface area contributed by atoms with Gasteiger partial charge in [0.05, 0.1) is 19.8 Å². The molecule has 5 nitrogen and oxygen atoms in total. The molecule has 0 atom stereocenters. The molecule has 30 heavy (non-hydrogen) atoms. The summed E-state index contributed by atoms with van der Waals surface area (Å²) in [5.74, 6) is 1.64. The molecule has 3 aromatic carbocycles. The Balaban J connectivity index is 1.89. The number of methoxy groups -OCH3 is 2. The molecule has 154 valence electrons. The fraction of sp³-hybridized carbons (Fsp3) is 0.160. The predicted octanol–water partition coefficient (Wildman–Crippen LogP) is 5.13. The molecule has 3 aromatic rings. The highest BCUT2D eigenvalue weighted by Gasteiger charge is 2.12. The van der Waals surface area contributed by atoms with Crippen molar-refractivity contribution in [3.8, 4) is 11.5 Å². The number of benzene rings is 3. The molecule has 0 bridgehead atoms. The van der Waals surface area contributed by atoms with Gasteiger partial charge in [-0.2, -0.15) is 0 Å². The van der Waals surface area contributed by atoms with Crippen molar-refractivity contribution in [3.63, 3.8) is 0 Å². The number of ether oxygens (including phenoxy) is 3. The third kappa shape index (κ3) is 4.81. The van der Waals surface area contributed by atoms with Crippen molar-refractivity contribution in [3.05, 3.63) is 90.3 Å². The summed E-state index contributed by atoms with van der Waals surface area (Å²) in [6, 6.07) is 18.9. The normalized spacial score (nSPS) is 11.1. The van der Waals surface area contributed by atoms with Gasteiger partial charge >= 0.3 is 5.97 Å². The highest BCUT2D eigenvalue weighted by molar-refractivity contribution is 5.90. The van der Waals surface area contributed by atoms with Crippen LogP contribution in [0.15, 0.2) is 79.2 Å². The van der Waals surface area contributed by atoms with Crippen LogP contribution < -0.4 is 9.47 Å². The Hall–Kier alpha value is -3.73. The van der Waals surface area contributed by atoms with Gasteiger partial charge in [-0.15, -0.1) is 0 Å². The molecule has 0 N–H and O–H groups in total. The van der Waals surface area contributed by atoms with E-state index in [1.165, 1.54) is 7.11 Å². The third-order valence-electron chi connectivity index (χ3n) is 4.57. The lowest BCUT2D eigenvalue weighted by molar-refractivity contribution is 0.0600. The number of carbonyl (C=O) groups excluding carboxylic acids is 1. The second kappa shape index (κ2) is 9.18. The minimum absolute atomic E-state index is 0.386. The van der Waals surface area contributed by atoms with Crippen molar-refractivity contribution in [1.82, 2.24) is 4.90 Å². The number of allylic oxidation sites excluding steroid dienone is 1. The quantitative estimate of drug-likeness (QED) is 0.311. The SMILES string of the molecule is C=C(/C(=C/N(C)C)Oc1ccc(C(=O)OC)cc1)c1ccc2cc(OC)ccc2c1. The molecule has 0 aliphatic heterocycles. The van der Waals surface area contributed by atoms with Crippen molar-refractivity contribution in [2.75, 3.05) is 28.3 Å². The fourth-order valence-corrected chi connectivity index (χ4v) is 2.99. The lowest BCUT2D eigenvalue weighted by atomic mass is 10.0. The summed E-state index contributed by atoms with van der Waals surface area (Å²) in [5.41, 5.74) is 2.16. The molecular weight excluding hydrogens is 378 g/mol. The molecule has 0 saturated carbocycles. The summed E-state index contributed by atoms with van der Waals surface area (Å²) in [6.45, 7) is 4.26. The third-order valence-corrected chi connectivity index (χ3v) is 4.57. The maximum atomic E-state index is 11.6. The van der Waals surface area contributed by atoms with Crippen LogP contribution in [0.25, 0.3) is 16.3 Å². The van der Waals surface area contributed by atoms with Crippen LogP contribution in [0.1, 0.15) is 15.9 Å². The van der Waals surface area contributed by atoms with E-state index in [2.05, 4.69) is 12.6 Å². The Morgan fingerprint density at radius 2 is 1.47 bits per heavy atom. The Morgan fingerprint density at radius 1 is 0.867 bits per heavy atom. The van der Waals surface area contributed by atoms with E-state index in [1.807, 2.05) is 55.5 Å². The molecule has 0 radical (unpaired) electrons. The molecule has 0 fully saturated rings. The van der Waals surface area contributed by atoms with E-state index in [4.69, 9.17) is 14.2 Å². The topological polar surface area (TPSA) is 48.0 Å². The first-order valence-corrected chi connectivity index (χ1v) is 9.43. The molecule has 0 aliphatic carbocycles. The number of fused-ring (bicyclic) bond motifs is 1. The van der Waals surface area contributed by atoms with Gasteiger partial charge in [-0.25, -0.2) is 4.79 Å². The van der Waals surface area contributed by atoms with Crippen molar-refractivity contribution >= 4 is 22.3 Å². The number of carbonyl (C=O) groups is 1. The van der Waals surface area contributed by atoms with Gasteiger partial charge in [0.25, 0.3) is 0 Å². The van der Waals surface area contributed by atoms with Crippen LogP contribution in [0.5, 0.6) is 11.5 Å². The van der Waals surface area contributed by atoms with E-state index in [9.17, 15) is 4.79 Å². The highest BCUT2D eigenvalue weighted by atomic mass is 16.5. The summed E-state index contributed by atoms with van der Waals surface area (Å²) in [5, 5.41) is 2.17. The first-order chi connectivity index (χ1) is 14.4. The van der Waals surface area contributed by atoms with Crippen LogP contribution in [0.2, 0.25) is 0 Å². The molecule has 3 rings (SSSR count). The Labute approximate surface area is 176 Å². The lowest BCUT2D eigenvalue weighted by Crippen LogP contribution is -2.08. The summed E-state index contributed by atoms with van der Waals surface area (Å²) in [6.07, 6.45) is 1.87. The monoisotopic (exact) mass is 403 g/mol. The Morgan fingerprint density at radius 3 is 2.10 bits per heavy atom. The second-order valence-electron chi connectivity index (χ2n) is 6.98. The average molecular weight is 403 g/mol. The first kappa shape index (κ1) is 21.0. The molecule has 0 aromatic heterocycles. The highest BCUT2D eigenvalue weighted by Crippen LogP contribution is 2.29. The van der Waals surface area contributed by atoms with Crippen LogP contribution in [-0.2, 0) is 4.74 Å². The molecule has 5 heteroatoms. The van der Waals surface area contributed by atoms with Crippen molar-refractivity contribution < 1.29 is 19.0 Å². The predicted molar refractivity (Wildman–Crippen MR) is 120 cm³/mol. The standard InChI is InChI=1S/C25H25NO4/c1-17(19-6-7-21-15-23(28-4)13-10-20(21)14-19)24(16-26(2)3)30-22-11-8-18(9-12-22)25(27)29-5/h6-16H,1H2,2-5H3/b24-16-. The minimum atomic E-state index is -0.386. The van der Waals surface area contributed by atoms with E-state index >= 15 is 0 Å². The van der Waals surface area contributed by atoms with Crippen LogP contribution in [-0.4, -0.2) is 39.2 Å². The van der Waals surface area contributed by atoms with Crippen LogP contribution in [0, 0.1) is 0 Å². The van der Waals surface area contributed by atoms with Gasteiger partial charge in [-0.3, -0.25) is 0 Å². The minimum Gasteiger partial charge on any atom is -0.497 e. The van der Waals surface area contributed by atoms with Gasteiger partial charge in [-0.1, -0.05) is 24.8 Å². The molecule has 0 unspecified atom stereocenters. The van der Waals surface area contributed by atoms with Gasteiger partial charge in [0.2, 0.25) is 0 Å². The summed E-state index contributed by atoms with van der Waals surface area (Å²) in [7, 11) is 6.85. The Bertz CT molecular complexity index is 1100. The second-order valence-corrected chi connectivity index (χ2v) is 6.98. The number of rotatable bonds is 7. The van der Waals surface area contributed by atoms with Crippen LogP contribution in [0.4, 0.5) is 0 Å². The maximum absolute atomic E-state index is 11.6. The lowest BCUT2D eigenvalue weighted by Gasteiger charge is -2.16. The molecule has 0 amide bonds. The average Bonchev–Trinajstić information content (AvgIpc) is 2.77. The maximum Gasteiger partial charge on any atom is 0.337 e. The van der Waals surface area contributed by atoms with E-state index in [1.54, 1.807) is 31.4 Å². The van der Waals surface area contributed by atoms with Crippen molar-refractivity contribution in [1.29, 1.82) is 0 Å². The molecular formula is C25H25NO4. The fourth-order valence-electron chi connectivity index (χ4n) is 2.99. The van der Waals surface area contributed by atoms with Gasteiger partial charge in [0.1, 0.15) is 17.3 Å². The Kier molecular flexibility index (Phi) is 6.42. The molecule has 0 saturated heterocycles. The molecule has 0 heterocycles. The van der Waals surface area contributed by atoms with Gasteiger partial charge < -0.3 is 19.1 Å². The first-order valence-electron chi connectivity index (χ1n) is 9.43. The summed E-state index contributed by atoms with van der Waals surface area (Å²) < 4.78 is 16.1. The summed E-state index contributed by atoms with van der Waals surface area (Å²) >= 11 is 0. The van der Waals surface area contributed by atoms with Gasteiger partial charge in [0.15, 0.2) is 0 Å². The zero-order chi connectivity index (χ0) is 21.7. The zero-order valence-electron chi connectivity index (χ0n) is 17.6. The van der Waals surface area contributed by atoms with Crippen molar-refractivity contribution in [2.24, 2.45) is 0 Å². The number of hydrogen-bond donors (Lipinski definition) is 0. The number of nitrogens with zero attached hydrogens (tertiary/aromatic N) is 1. The zero-order valence-corrected chi connectivity index (χ0v) is 17.6. The van der Waals surface area contributed by atoms with Crippen LogP contribution in [0.3, 0.4) is 0 Å².